The van der Waals surface area contributed by atoms with E-state index in [1.165, 1.54) is 12.1 Å². The molecule has 3 aromatic carbocycles. The SMILES string of the molecule is CN1C/C(=C/c2cccc([N+](=O)[O-])c2)C2=NN(c3ccccc3)[C@H](c3cccc([N+](=O)[O-])c3)[C@H]2C1. The van der Waals surface area contributed by atoms with E-state index in [0.29, 0.717) is 6.54 Å². The van der Waals surface area contributed by atoms with Crippen molar-refractivity contribution >= 4 is 28.8 Å². The summed E-state index contributed by atoms with van der Waals surface area (Å²) >= 11 is 0. The first-order chi connectivity index (χ1) is 16.9. The van der Waals surface area contributed by atoms with Gasteiger partial charge in [0.2, 0.25) is 0 Å². The molecule has 2 heterocycles. The van der Waals surface area contributed by atoms with Gasteiger partial charge in [0.05, 0.1) is 27.3 Å². The number of rotatable bonds is 5. The smallest absolute Gasteiger partial charge is 0.270 e. The molecule has 1 saturated heterocycles. The maximum absolute atomic E-state index is 11.5. The van der Waals surface area contributed by atoms with E-state index >= 15 is 0 Å². The molecule has 0 bridgehead atoms. The number of fused-ring (bicyclic) bond motifs is 1. The van der Waals surface area contributed by atoms with Crippen LogP contribution in [-0.4, -0.2) is 40.6 Å². The predicted molar refractivity (Wildman–Crippen MR) is 134 cm³/mol. The Labute approximate surface area is 201 Å². The molecule has 1 fully saturated rings. The minimum absolute atomic E-state index is 0.0359. The maximum atomic E-state index is 11.5. The highest BCUT2D eigenvalue weighted by Crippen LogP contribution is 2.43. The molecule has 3 aromatic rings. The number of benzene rings is 3. The second kappa shape index (κ2) is 9.11. The minimum Gasteiger partial charge on any atom is -0.301 e. The molecule has 35 heavy (non-hydrogen) atoms. The molecule has 0 spiro atoms. The Kier molecular flexibility index (Phi) is 5.84. The van der Waals surface area contributed by atoms with Crippen LogP contribution in [-0.2, 0) is 0 Å². The molecule has 0 amide bonds. The number of nitrogens with zero attached hydrogens (tertiary/aromatic N) is 5. The van der Waals surface area contributed by atoms with Gasteiger partial charge in [-0.25, -0.2) is 0 Å². The van der Waals surface area contributed by atoms with E-state index in [4.69, 9.17) is 5.10 Å². The predicted octanol–water partition coefficient (Wildman–Crippen LogP) is 5.07. The van der Waals surface area contributed by atoms with Crippen molar-refractivity contribution in [1.82, 2.24) is 4.90 Å². The van der Waals surface area contributed by atoms with Gasteiger partial charge < -0.3 is 4.90 Å². The largest absolute Gasteiger partial charge is 0.301 e. The maximum Gasteiger partial charge on any atom is 0.270 e. The number of nitro groups is 2. The third-order valence-corrected chi connectivity index (χ3v) is 6.35. The molecule has 9 nitrogen and oxygen atoms in total. The van der Waals surface area contributed by atoms with Gasteiger partial charge in [0.1, 0.15) is 0 Å². The summed E-state index contributed by atoms with van der Waals surface area (Å²) in [5.41, 5.74) is 4.39. The van der Waals surface area contributed by atoms with Gasteiger partial charge >= 0.3 is 0 Å². The lowest BCUT2D eigenvalue weighted by molar-refractivity contribution is -0.385. The fraction of sp³-hybridized carbons (Fsp3) is 0.192. The van der Waals surface area contributed by atoms with E-state index in [0.717, 1.165) is 34.6 Å². The van der Waals surface area contributed by atoms with E-state index in [9.17, 15) is 20.2 Å². The van der Waals surface area contributed by atoms with Crippen molar-refractivity contribution in [2.45, 2.75) is 6.04 Å². The number of anilines is 1. The lowest BCUT2D eigenvalue weighted by atomic mass is 9.83. The number of hydrazone groups is 1. The van der Waals surface area contributed by atoms with Crippen LogP contribution in [0.1, 0.15) is 17.2 Å². The summed E-state index contributed by atoms with van der Waals surface area (Å²) in [6.45, 7) is 1.37. The fourth-order valence-electron chi connectivity index (χ4n) is 4.88. The van der Waals surface area contributed by atoms with Crippen LogP contribution in [0.25, 0.3) is 6.08 Å². The molecule has 0 aliphatic carbocycles. The molecule has 2 aliphatic heterocycles. The average Bonchev–Trinajstić information content (AvgIpc) is 3.24. The van der Waals surface area contributed by atoms with Crippen LogP contribution >= 0.6 is 0 Å². The van der Waals surface area contributed by atoms with Crippen molar-refractivity contribution in [2.75, 3.05) is 25.1 Å². The van der Waals surface area contributed by atoms with Crippen molar-refractivity contribution in [1.29, 1.82) is 0 Å². The van der Waals surface area contributed by atoms with E-state index in [1.807, 2.05) is 60.6 Å². The van der Waals surface area contributed by atoms with Gasteiger partial charge in [0.25, 0.3) is 11.4 Å². The van der Waals surface area contributed by atoms with Crippen molar-refractivity contribution in [3.05, 3.63) is 116 Å². The Hall–Kier alpha value is -4.37. The number of likely N-dealkylation sites (N-methyl/N-ethyl adjacent to an activating group) is 1. The quantitative estimate of drug-likeness (QED) is 0.382. The Morgan fingerprint density at radius 2 is 1.60 bits per heavy atom. The van der Waals surface area contributed by atoms with Crippen LogP contribution in [0.5, 0.6) is 0 Å². The number of non-ortho nitro benzene ring substituents is 2. The molecular formula is C26H23N5O4. The molecule has 0 unspecified atom stereocenters. The number of hydrogen-bond donors (Lipinski definition) is 0. The van der Waals surface area contributed by atoms with Crippen LogP contribution in [0.4, 0.5) is 17.1 Å². The zero-order valence-electron chi connectivity index (χ0n) is 19.0. The molecule has 5 rings (SSSR count). The summed E-state index contributed by atoms with van der Waals surface area (Å²) in [6, 6.07) is 22.8. The van der Waals surface area contributed by atoms with Crippen LogP contribution < -0.4 is 5.01 Å². The number of hydrogen-bond acceptors (Lipinski definition) is 7. The summed E-state index contributed by atoms with van der Waals surface area (Å²) in [7, 11) is 2.02. The Balaban J connectivity index is 1.62. The van der Waals surface area contributed by atoms with Crippen LogP contribution in [0.2, 0.25) is 0 Å². The van der Waals surface area contributed by atoms with E-state index in [-0.39, 0.29) is 28.3 Å². The minimum atomic E-state index is -0.402. The third-order valence-electron chi connectivity index (χ3n) is 6.35. The topological polar surface area (TPSA) is 105 Å². The van der Waals surface area contributed by atoms with E-state index < -0.39 is 4.92 Å². The lowest BCUT2D eigenvalue weighted by Crippen LogP contribution is -2.41. The highest BCUT2D eigenvalue weighted by molar-refractivity contribution is 6.09. The molecule has 2 atom stereocenters. The molecule has 0 radical (unpaired) electrons. The standard InChI is InChI=1S/C26H23N5O4/c1-28-16-20(13-18-7-5-11-22(14-18)30(32)33)25-24(17-28)26(19-8-6-12-23(15-19)31(34)35)29(27-25)21-9-3-2-4-10-21/h2-15,24,26H,16-17H2,1H3/b20-13-/t24-,26+/m0/s1. The Morgan fingerprint density at radius 3 is 2.31 bits per heavy atom. The summed E-state index contributed by atoms with van der Waals surface area (Å²) in [4.78, 5) is 24.1. The second-order valence-corrected chi connectivity index (χ2v) is 8.79. The van der Waals surface area contributed by atoms with Crippen molar-refractivity contribution in [2.24, 2.45) is 11.0 Å². The summed E-state index contributed by atoms with van der Waals surface area (Å²) in [5.74, 6) is -0.0408. The van der Waals surface area contributed by atoms with Gasteiger partial charge in [-0.05, 0) is 42.0 Å². The Bertz CT molecular complexity index is 1350. The first-order valence-corrected chi connectivity index (χ1v) is 11.2. The van der Waals surface area contributed by atoms with Crippen molar-refractivity contribution < 1.29 is 9.85 Å². The average molecular weight is 470 g/mol. The summed E-state index contributed by atoms with van der Waals surface area (Å²) in [6.07, 6.45) is 1.95. The molecular weight excluding hydrogens is 446 g/mol. The summed E-state index contributed by atoms with van der Waals surface area (Å²) in [5, 5.41) is 29.7. The highest BCUT2D eigenvalue weighted by Gasteiger charge is 2.43. The van der Waals surface area contributed by atoms with Gasteiger partial charge in [-0.3, -0.25) is 25.2 Å². The van der Waals surface area contributed by atoms with Gasteiger partial charge in [0, 0.05) is 43.3 Å². The summed E-state index contributed by atoms with van der Waals surface area (Å²) < 4.78 is 0. The highest BCUT2D eigenvalue weighted by atomic mass is 16.6. The van der Waals surface area contributed by atoms with Gasteiger partial charge in [-0.2, -0.15) is 5.10 Å². The van der Waals surface area contributed by atoms with E-state index in [1.54, 1.807) is 24.3 Å². The third kappa shape index (κ3) is 4.41. The van der Waals surface area contributed by atoms with Gasteiger partial charge in [0.15, 0.2) is 0 Å². The molecule has 2 aliphatic rings. The first-order valence-electron chi connectivity index (χ1n) is 11.2. The number of nitro benzene ring substituents is 2. The second-order valence-electron chi connectivity index (χ2n) is 8.79. The molecule has 0 aromatic heterocycles. The molecule has 9 heteroatoms. The zero-order valence-corrected chi connectivity index (χ0v) is 19.0. The lowest BCUT2D eigenvalue weighted by Gasteiger charge is -2.34. The fourth-order valence-corrected chi connectivity index (χ4v) is 4.88. The van der Waals surface area contributed by atoms with Crippen LogP contribution in [0.3, 0.4) is 0 Å². The molecule has 176 valence electrons. The van der Waals surface area contributed by atoms with Crippen molar-refractivity contribution in [3.63, 3.8) is 0 Å². The molecule has 0 saturated carbocycles. The van der Waals surface area contributed by atoms with Crippen LogP contribution in [0.15, 0.2) is 89.5 Å². The molecule has 0 N–H and O–H groups in total. The van der Waals surface area contributed by atoms with Crippen LogP contribution in [0, 0.1) is 26.1 Å². The Morgan fingerprint density at radius 1 is 0.914 bits per heavy atom. The number of para-hydroxylation sites is 1. The van der Waals surface area contributed by atoms with Gasteiger partial charge in [-0.1, -0.05) is 42.5 Å². The number of piperidine rings is 1. The zero-order chi connectivity index (χ0) is 24.5. The first kappa shape index (κ1) is 22.4. The van der Waals surface area contributed by atoms with Gasteiger partial charge in [-0.15, -0.1) is 0 Å². The monoisotopic (exact) mass is 469 g/mol. The normalized spacial score (nSPS) is 21.0. The van der Waals surface area contributed by atoms with E-state index in [2.05, 4.69) is 4.90 Å². The van der Waals surface area contributed by atoms with Crippen molar-refractivity contribution in [3.8, 4) is 0 Å². The number of likely N-dealkylation sites (tertiary alicyclic amines) is 1.